The van der Waals surface area contributed by atoms with Crippen LogP contribution in [0, 0.1) is 10.1 Å². The Hall–Kier alpha value is -3.48. The number of rotatable bonds is 1. The van der Waals surface area contributed by atoms with E-state index in [0.717, 1.165) is 28.1 Å². The van der Waals surface area contributed by atoms with Crippen molar-refractivity contribution in [1.82, 2.24) is 19.9 Å². The number of aromatic amines is 2. The van der Waals surface area contributed by atoms with Gasteiger partial charge in [0.1, 0.15) is 5.52 Å². The molecule has 8 bridgehead atoms. The van der Waals surface area contributed by atoms with E-state index >= 15 is 0 Å². The van der Waals surface area contributed by atoms with Crippen molar-refractivity contribution < 1.29 is 22.0 Å². The first kappa shape index (κ1) is 17.9. The van der Waals surface area contributed by atoms with E-state index in [9.17, 15) is 10.1 Å². The molecule has 0 aliphatic carbocycles. The Balaban J connectivity index is 0.00000192. The molecule has 2 aliphatic rings. The third-order valence-electron chi connectivity index (χ3n) is 4.34. The van der Waals surface area contributed by atoms with E-state index in [4.69, 9.17) is 0 Å². The molecule has 0 amide bonds. The van der Waals surface area contributed by atoms with Crippen LogP contribution in [0.15, 0.2) is 42.5 Å². The average Bonchev–Trinajstić information content (AvgIpc) is 3.38. The summed E-state index contributed by atoms with van der Waals surface area (Å²) in [4.78, 5) is 26.5. The van der Waals surface area contributed by atoms with Gasteiger partial charge in [-0.15, -0.1) is 0 Å². The monoisotopic (exact) mass is 418 g/mol. The summed E-state index contributed by atoms with van der Waals surface area (Å²) in [6.45, 7) is 0. The molecule has 5 heterocycles. The number of H-pyrrole nitrogens is 2. The van der Waals surface area contributed by atoms with Crippen molar-refractivity contribution in [1.29, 1.82) is 0 Å². The number of nitrogens with zero attached hydrogens (tertiary/aromatic N) is 3. The van der Waals surface area contributed by atoms with Crippen molar-refractivity contribution >= 4 is 52.1 Å². The molecule has 0 saturated heterocycles. The zero-order valence-electron chi connectivity index (χ0n) is 14.3. The molecule has 0 saturated carbocycles. The van der Waals surface area contributed by atoms with Crippen LogP contribution in [0.4, 0.5) is 5.69 Å². The van der Waals surface area contributed by atoms with Crippen LogP contribution < -0.4 is 0 Å². The van der Waals surface area contributed by atoms with Crippen LogP contribution >= 0.6 is 0 Å². The third kappa shape index (κ3) is 3.38. The molecule has 2 aliphatic heterocycles. The number of nitrogens with one attached hydrogen (secondary N) is 2. The topological polar surface area (TPSA) is 100 Å². The summed E-state index contributed by atoms with van der Waals surface area (Å²) >= 11 is 0. The van der Waals surface area contributed by atoms with Crippen LogP contribution in [0.25, 0.3) is 46.4 Å². The number of fused-ring (bicyclic) bond motifs is 8. The first-order valence-corrected chi connectivity index (χ1v) is 8.35. The van der Waals surface area contributed by atoms with E-state index in [1.54, 1.807) is 6.07 Å². The second-order valence-corrected chi connectivity index (χ2v) is 6.32. The summed E-state index contributed by atoms with van der Waals surface area (Å²) in [5.41, 5.74) is 5.85. The fourth-order valence-electron chi connectivity index (χ4n) is 3.15. The molecule has 28 heavy (non-hydrogen) atoms. The second kappa shape index (κ2) is 6.92. The molecular formula is C20H13CuN5O2. The minimum atomic E-state index is -0.396. The molecule has 0 unspecified atom stereocenters. The summed E-state index contributed by atoms with van der Waals surface area (Å²) in [6.07, 6.45) is 7.56. The minimum absolute atomic E-state index is 0. The van der Waals surface area contributed by atoms with E-state index in [0.29, 0.717) is 16.7 Å². The average molecular weight is 419 g/mol. The molecule has 141 valence electrons. The van der Waals surface area contributed by atoms with Gasteiger partial charge in [-0.05, 0) is 60.7 Å². The molecule has 7 nitrogen and oxygen atoms in total. The molecule has 3 aromatic rings. The first-order valence-electron chi connectivity index (χ1n) is 8.35. The maximum absolute atomic E-state index is 11.4. The predicted octanol–water partition coefficient (Wildman–Crippen LogP) is 4.56. The molecule has 0 fully saturated rings. The smallest absolute Gasteiger partial charge is 0.294 e. The van der Waals surface area contributed by atoms with Gasteiger partial charge in [0.25, 0.3) is 5.69 Å². The van der Waals surface area contributed by atoms with Crippen LogP contribution in [0.1, 0.15) is 22.8 Å². The quantitative estimate of drug-likeness (QED) is 0.236. The minimum Gasteiger partial charge on any atom is -0.355 e. The zero-order chi connectivity index (χ0) is 18.4. The van der Waals surface area contributed by atoms with Gasteiger partial charge in [0, 0.05) is 39.7 Å². The molecule has 0 atom stereocenters. The third-order valence-corrected chi connectivity index (χ3v) is 4.34. The van der Waals surface area contributed by atoms with E-state index in [-0.39, 0.29) is 22.8 Å². The fourth-order valence-corrected chi connectivity index (χ4v) is 3.15. The maximum atomic E-state index is 11.4. The maximum Gasteiger partial charge on any atom is 0.294 e. The molecule has 5 rings (SSSR count). The molecule has 3 aromatic heterocycles. The van der Waals surface area contributed by atoms with Crippen molar-refractivity contribution in [3.63, 3.8) is 0 Å². The summed E-state index contributed by atoms with van der Waals surface area (Å²) in [5.74, 6) is 0. The molecule has 0 aromatic carbocycles. The van der Waals surface area contributed by atoms with Gasteiger partial charge in [-0.2, -0.15) is 0 Å². The van der Waals surface area contributed by atoms with Gasteiger partial charge in [-0.25, -0.2) is 9.97 Å². The predicted molar refractivity (Wildman–Crippen MR) is 106 cm³/mol. The van der Waals surface area contributed by atoms with Crippen LogP contribution in [-0.2, 0) is 17.1 Å². The van der Waals surface area contributed by atoms with E-state index in [2.05, 4.69) is 19.9 Å². The molecule has 8 heteroatoms. The Labute approximate surface area is 169 Å². The summed E-state index contributed by atoms with van der Waals surface area (Å²) in [5, 5.41) is 11.4. The van der Waals surface area contributed by atoms with Crippen LogP contribution in [0.2, 0.25) is 0 Å². The van der Waals surface area contributed by atoms with Gasteiger partial charge in [0.05, 0.1) is 27.7 Å². The fraction of sp³-hybridized carbons (Fsp3) is 0. The summed E-state index contributed by atoms with van der Waals surface area (Å²) < 4.78 is 0. The van der Waals surface area contributed by atoms with Crippen molar-refractivity contribution in [2.45, 2.75) is 0 Å². The van der Waals surface area contributed by atoms with Crippen LogP contribution in [0.3, 0.4) is 0 Å². The number of hydrogen-bond donors (Lipinski definition) is 2. The zero-order valence-corrected chi connectivity index (χ0v) is 15.3. The number of nitro groups is 1. The van der Waals surface area contributed by atoms with Crippen molar-refractivity contribution in [3.8, 4) is 0 Å². The van der Waals surface area contributed by atoms with Gasteiger partial charge >= 0.3 is 0 Å². The summed E-state index contributed by atoms with van der Waals surface area (Å²) in [6, 6.07) is 12.7. The first-order chi connectivity index (χ1) is 13.1. The molecule has 0 spiro atoms. The Morgan fingerprint density at radius 2 is 1.29 bits per heavy atom. The van der Waals surface area contributed by atoms with Gasteiger partial charge in [-0.1, -0.05) is 0 Å². The molecular weight excluding hydrogens is 406 g/mol. The van der Waals surface area contributed by atoms with Gasteiger partial charge in [0.2, 0.25) is 0 Å². The van der Waals surface area contributed by atoms with Crippen LogP contribution in [-0.4, -0.2) is 24.9 Å². The van der Waals surface area contributed by atoms with Gasteiger partial charge < -0.3 is 9.97 Å². The van der Waals surface area contributed by atoms with Crippen molar-refractivity contribution in [3.05, 3.63) is 75.4 Å². The van der Waals surface area contributed by atoms with E-state index in [1.165, 1.54) is 6.07 Å². The molecule has 1 radical (unpaired) electrons. The van der Waals surface area contributed by atoms with E-state index < -0.39 is 4.92 Å². The largest absolute Gasteiger partial charge is 0.355 e. The van der Waals surface area contributed by atoms with Crippen molar-refractivity contribution in [2.24, 2.45) is 0 Å². The second-order valence-electron chi connectivity index (χ2n) is 6.32. The molecule has 2 N–H and O–H groups in total. The Morgan fingerprint density at radius 3 is 1.93 bits per heavy atom. The Bertz CT molecular complexity index is 1320. The normalized spacial score (nSPS) is 12.0. The van der Waals surface area contributed by atoms with E-state index in [1.807, 2.05) is 54.6 Å². The Kier molecular flexibility index (Phi) is 4.43. The Morgan fingerprint density at radius 1 is 0.714 bits per heavy atom. The summed E-state index contributed by atoms with van der Waals surface area (Å²) in [7, 11) is 0. The number of hydrogen-bond acceptors (Lipinski definition) is 4. The number of aromatic nitrogens is 4. The van der Waals surface area contributed by atoms with Crippen molar-refractivity contribution in [2.75, 3.05) is 0 Å². The van der Waals surface area contributed by atoms with Gasteiger partial charge in [0.15, 0.2) is 0 Å². The standard InChI is InChI=1S/C20H13N5O2.Cu/c26-25(27)20-11-18-9-16-4-3-14(22-16)7-12-1-2-13(21-12)8-15-5-6-17(23-15)10-19(20)24-18;/h1-11,22,24H;. The van der Waals surface area contributed by atoms with Gasteiger partial charge in [-0.3, -0.25) is 10.1 Å². The van der Waals surface area contributed by atoms with Crippen LogP contribution in [0.5, 0.6) is 0 Å². The SMILES string of the molecule is O=[N+]([O-])c1cc2cc3ccc(cc4nc(cc5nc(cc1[nH]2)C=C5)C=C4)[nH]3.[Cu].